The molecule has 0 radical (unpaired) electrons. The first kappa shape index (κ1) is 52.0. The van der Waals surface area contributed by atoms with Gasteiger partial charge in [-0.25, -0.2) is 19.5 Å². The molecule has 0 saturated carbocycles. The van der Waals surface area contributed by atoms with Gasteiger partial charge in [0.05, 0.1) is 48.6 Å². The number of H-pyrrole nitrogens is 1. The lowest BCUT2D eigenvalue weighted by molar-refractivity contribution is -0.134. The molecular weight excluding hydrogens is 956 g/mol. The first-order valence-corrected chi connectivity index (χ1v) is 26.8. The largest absolute Gasteiger partial charge is 0.378 e. The van der Waals surface area contributed by atoms with Gasteiger partial charge in [-0.05, 0) is 86.1 Å². The van der Waals surface area contributed by atoms with Crippen molar-refractivity contribution in [3.05, 3.63) is 135 Å². The number of piperidine rings is 2. The number of fused-ring (bicyclic) bond motifs is 2. The molecule has 5 aliphatic heterocycles. The smallest absolute Gasteiger partial charge is 0.272 e. The molecule has 10 rings (SSSR count). The Morgan fingerprint density at radius 2 is 1.49 bits per heavy atom. The SMILES string of the molecule is O=C(NCCOCCN1CCC(CN2CCN(CC(=O)N3CCN(C(=O)c4cc(Cc5n[nH]c(=O)c6ccccc56)ccc4F)CC3)CC2)CC1)c1cccc([C@@H]2CCCN(C(=O)CN3Cc4cncnc4C3)C2)c1. The van der Waals surface area contributed by atoms with Crippen LogP contribution < -0.4 is 10.9 Å². The van der Waals surface area contributed by atoms with Crippen LogP contribution in [0, 0.1) is 11.7 Å². The van der Waals surface area contributed by atoms with E-state index in [1.807, 2.05) is 46.3 Å². The standard InChI is InChI=1S/C56H69FN12O6/c57-49-11-10-41(30-50-46-8-1-2-9-47(46)55(73)62-61-50)29-48(49)56(74)68-24-22-67(23-25-68)52(70)37-65-20-18-64(19-21-65)33-40-12-16-63(17-13-40)26-28-75-27-14-59-54(72)43-6-3-5-42(31-43)44-7-4-15-69(35-44)53(71)38-66-34-45-32-58-39-60-51(45)36-66/h1-3,5-6,8-11,29,31-32,39-40,44H,4,7,12-28,30,33-38H2,(H,59,72)(H,62,73)/t44-/m1/s1. The van der Waals surface area contributed by atoms with E-state index >= 15 is 4.39 Å². The summed E-state index contributed by atoms with van der Waals surface area (Å²) in [4.78, 5) is 88.9. The van der Waals surface area contributed by atoms with E-state index in [1.54, 1.807) is 35.5 Å². The molecule has 396 valence electrons. The van der Waals surface area contributed by atoms with Crippen LogP contribution in [0.2, 0.25) is 0 Å². The summed E-state index contributed by atoms with van der Waals surface area (Å²) in [5.74, 6) is -0.0977. The number of nitrogens with one attached hydrogen (secondary N) is 2. The lowest BCUT2D eigenvalue weighted by Crippen LogP contribution is -2.55. The molecule has 0 unspecified atom stereocenters. The molecule has 4 saturated heterocycles. The van der Waals surface area contributed by atoms with Gasteiger partial charge >= 0.3 is 0 Å². The average Bonchev–Trinajstić information content (AvgIpc) is 3.86. The van der Waals surface area contributed by atoms with E-state index in [9.17, 15) is 24.0 Å². The highest BCUT2D eigenvalue weighted by molar-refractivity contribution is 5.95. The van der Waals surface area contributed by atoms with Gasteiger partial charge in [0.15, 0.2) is 0 Å². The second kappa shape index (κ2) is 24.4. The third kappa shape index (κ3) is 13.1. The maximum absolute atomic E-state index is 15.1. The fourth-order valence-electron chi connectivity index (χ4n) is 11.5. The van der Waals surface area contributed by atoms with Crippen molar-refractivity contribution in [1.82, 2.24) is 59.8 Å². The first-order chi connectivity index (χ1) is 36.6. The molecule has 4 amide bonds. The van der Waals surface area contributed by atoms with Crippen molar-refractivity contribution in [2.24, 2.45) is 5.92 Å². The normalized spacial score (nSPS) is 19.4. The zero-order valence-corrected chi connectivity index (χ0v) is 42.8. The van der Waals surface area contributed by atoms with Crippen molar-refractivity contribution >= 4 is 34.4 Å². The van der Waals surface area contributed by atoms with E-state index < -0.39 is 11.7 Å². The quantitative estimate of drug-likeness (QED) is 0.130. The molecule has 0 bridgehead atoms. The number of hydrogen-bond acceptors (Lipinski definition) is 13. The minimum atomic E-state index is -0.596. The summed E-state index contributed by atoms with van der Waals surface area (Å²) < 4.78 is 21.0. The van der Waals surface area contributed by atoms with E-state index in [0.29, 0.717) is 119 Å². The number of carbonyl (C=O) groups is 4. The van der Waals surface area contributed by atoms with Gasteiger partial charge in [-0.1, -0.05) is 36.4 Å². The predicted octanol–water partition coefficient (Wildman–Crippen LogP) is 3.23. The van der Waals surface area contributed by atoms with Gasteiger partial charge in [0.25, 0.3) is 17.4 Å². The van der Waals surface area contributed by atoms with Crippen molar-refractivity contribution < 1.29 is 28.3 Å². The number of halogens is 1. The fourth-order valence-corrected chi connectivity index (χ4v) is 11.5. The Balaban J connectivity index is 0.568. The highest BCUT2D eigenvalue weighted by atomic mass is 19.1. The molecule has 3 aromatic carbocycles. The van der Waals surface area contributed by atoms with Crippen molar-refractivity contribution in [1.29, 1.82) is 0 Å². The predicted molar refractivity (Wildman–Crippen MR) is 280 cm³/mol. The van der Waals surface area contributed by atoms with Crippen LogP contribution in [-0.4, -0.2) is 203 Å². The van der Waals surface area contributed by atoms with Crippen LogP contribution >= 0.6 is 0 Å². The van der Waals surface area contributed by atoms with Crippen molar-refractivity contribution in [2.75, 3.05) is 124 Å². The molecule has 5 aromatic rings. The second-order valence-electron chi connectivity index (χ2n) is 20.9. The van der Waals surface area contributed by atoms with Crippen LogP contribution in [0.1, 0.15) is 80.4 Å². The highest BCUT2D eigenvalue weighted by Gasteiger charge is 2.31. The van der Waals surface area contributed by atoms with E-state index in [2.05, 4.69) is 51.1 Å². The maximum Gasteiger partial charge on any atom is 0.272 e. The summed E-state index contributed by atoms with van der Waals surface area (Å²) in [7, 11) is 0. The van der Waals surface area contributed by atoms with E-state index in [1.165, 1.54) is 6.07 Å². The third-order valence-corrected chi connectivity index (χ3v) is 15.9. The summed E-state index contributed by atoms with van der Waals surface area (Å²) in [5.41, 5.74) is 4.85. The number of ether oxygens (including phenoxy) is 1. The molecule has 2 N–H and O–H groups in total. The number of aromatic nitrogens is 4. The van der Waals surface area contributed by atoms with Crippen LogP contribution in [0.15, 0.2) is 84.0 Å². The summed E-state index contributed by atoms with van der Waals surface area (Å²) in [5, 5.41) is 11.0. The Labute approximate surface area is 437 Å². The van der Waals surface area contributed by atoms with Crippen molar-refractivity contribution in [3.63, 3.8) is 0 Å². The summed E-state index contributed by atoms with van der Waals surface area (Å²) >= 11 is 0. The van der Waals surface area contributed by atoms with Crippen LogP contribution in [0.4, 0.5) is 4.39 Å². The number of aromatic amines is 1. The van der Waals surface area contributed by atoms with Gasteiger partial charge < -0.3 is 34.6 Å². The zero-order chi connectivity index (χ0) is 51.7. The molecule has 1 atom stereocenters. The number of nitrogens with zero attached hydrogens (tertiary/aromatic N) is 10. The average molecular weight is 1030 g/mol. The molecule has 0 aliphatic carbocycles. The summed E-state index contributed by atoms with van der Waals surface area (Å²) in [6.45, 7) is 14.0. The number of hydrogen-bond donors (Lipinski definition) is 2. The van der Waals surface area contributed by atoms with Gasteiger partial charge in [-0.3, -0.25) is 33.8 Å². The Bertz CT molecular complexity index is 2850. The number of amides is 4. The second-order valence-corrected chi connectivity index (χ2v) is 20.9. The van der Waals surface area contributed by atoms with Gasteiger partial charge in [0, 0.05) is 133 Å². The van der Waals surface area contributed by atoms with Gasteiger partial charge in [-0.2, -0.15) is 5.10 Å². The first-order valence-electron chi connectivity index (χ1n) is 26.8. The Hall–Kier alpha value is -6.51. The van der Waals surface area contributed by atoms with Crippen LogP contribution in [-0.2, 0) is 33.8 Å². The lowest BCUT2D eigenvalue weighted by atomic mass is 9.89. The monoisotopic (exact) mass is 1020 g/mol. The topological polar surface area (TPSA) is 184 Å². The lowest BCUT2D eigenvalue weighted by Gasteiger charge is -2.40. The van der Waals surface area contributed by atoms with Crippen molar-refractivity contribution in [3.8, 4) is 0 Å². The Kier molecular flexibility index (Phi) is 16.9. The summed E-state index contributed by atoms with van der Waals surface area (Å²) in [6, 6.07) is 19.5. The molecular formula is C56H69FN12O6. The third-order valence-electron chi connectivity index (χ3n) is 15.9. The highest BCUT2D eigenvalue weighted by Crippen LogP contribution is 2.29. The van der Waals surface area contributed by atoms with Gasteiger partial charge in [-0.15, -0.1) is 0 Å². The van der Waals surface area contributed by atoms with Crippen LogP contribution in [0.5, 0.6) is 0 Å². The molecule has 7 heterocycles. The van der Waals surface area contributed by atoms with E-state index in [4.69, 9.17) is 4.74 Å². The molecule has 2 aromatic heterocycles. The number of carbonyl (C=O) groups excluding carboxylic acids is 4. The van der Waals surface area contributed by atoms with Crippen molar-refractivity contribution in [2.45, 2.75) is 51.1 Å². The molecule has 4 fully saturated rings. The minimum Gasteiger partial charge on any atom is -0.378 e. The molecule has 75 heavy (non-hydrogen) atoms. The van der Waals surface area contributed by atoms with E-state index in [0.717, 1.165) is 101 Å². The number of piperazine rings is 2. The van der Waals surface area contributed by atoms with Crippen LogP contribution in [0.3, 0.4) is 0 Å². The number of rotatable bonds is 17. The van der Waals surface area contributed by atoms with Crippen LogP contribution in [0.25, 0.3) is 10.8 Å². The zero-order valence-electron chi connectivity index (χ0n) is 42.8. The number of likely N-dealkylation sites (tertiary alicyclic amines) is 2. The van der Waals surface area contributed by atoms with E-state index in [-0.39, 0.29) is 34.8 Å². The molecule has 18 nitrogen and oxygen atoms in total. The molecule has 5 aliphatic rings. The van der Waals surface area contributed by atoms with Gasteiger partial charge in [0.1, 0.15) is 12.1 Å². The minimum absolute atomic E-state index is 0.0121. The fraction of sp³-hybridized carbons (Fsp3) is 0.500. The van der Waals surface area contributed by atoms with Gasteiger partial charge in [0.2, 0.25) is 11.8 Å². The molecule has 0 spiro atoms. The summed E-state index contributed by atoms with van der Waals surface area (Å²) in [6.07, 6.45) is 7.91. The molecule has 19 heteroatoms. The Morgan fingerprint density at radius 1 is 0.733 bits per heavy atom. The Morgan fingerprint density at radius 3 is 2.31 bits per heavy atom. The maximum atomic E-state index is 15.1. The number of benzene rings is 3.